The van der Waals surface area contributed by atoms with E-state index in [1.54, 1.807) is 14.1 Å². The van der Waals surface area contributed by atoms with Crippen LogP contribution in [-0.2, 0) is 18.3 Å². The van der Waals surface area contributed by atoms with Crippen LogP contribution in [0.3, 0.4) is 0 Å². The topological polar surface area (TPSA) is 139 Å². The third kappa shape index (κ3) is 4.07. The number of benzene rings is 2. The first-order valence-electron chi connectivity index (χ1n) is 12.6. The van der Waals surface area contributed by atoms with E-state index in [0.717, 1.165) is 47.9 Å². The number of nitrogens with two attached hydrogens (primary N) is 1. The molecule has 36 heavy (non-hydrogen) atoms. The van der Waals surface area contributed by atoms with Crippen LogP contribution in [0.15, 0.2) is 36.4 Å². The average Bonchev–Trinajstić information content (AvgIpc) is 3.41. The highest BCUT2D eigenvalue weighted by atomic mass is 16.2. The lowest BCUT2D eigenvalue weighted by Gasteiger charge is -2.43. The van der Waals surface area contributed by atoms with E-state index >= 15 is 0 Å². The van der Waals surface area contributed by atoms with Crippen LogP contribution in [0.4, 0.5) is 0 Å². The fourth-order valence-corrected chi connectivity index (χ4v) is 6.23. The van der Waals surface area contributed by atoms with Crippen molar-refractivity contribution in [2.45, 2.75) is 62.3 Å². The Labute approximate surface area is 210 Å². The molecule has 5 rings (SSSR count). The molecule has 3 aromatic rings. The van der Waals surface area contributed by atoms with Gasteiger partial charge in [0.2, 0.25) is 0 Å². The summed E-state index contributed by atoms with van der Waals surface area (Å²) in [5.74, 6) is 0.297. The Morgan fingerprint density at radius 3 is 1.94 bits per heavy atom. The Kier molecular flexibility index (Phi) is 6.34. The molecule has 9 nitrogen and oxygen atoms in total. The molecular weight excluding hydrogens is 454 g/mol. The molecule has 0 unspecified atom stereocenters. The molecule has 188 valence electrons. The Balaban J connectivity index is 1.79. The number of carbonyl (C=O) groups excluding carboxylic acids is 2. The number of nitrogens with zero attached hydrogens (tertiary/aromatic N) is 3. The molecule has 5 N–H and O–H groups in total. The number of rotatable bonds is 5. The normalized spacial score (nSPS) is 17.9. The molecule has 0 spiro atoms. The molecule has 1 saturated carbocycles. The molecule has 1 aromatic heterocycles. The van der Waals surface area contributed by atoms with Crippen LogP contribution >= 0.6 is 0 Å². The van der Waals surface area contributed by atoms with Gasteiger partial charge in [-0.25, -0.2) is 0 Å². The number of amides is 2. The molecule has 9 heteroatoms. The molecule has 0 radical (unpaired) electrons. The number of aromatic amines is 1. The maximum absolute atomic E-state index is 12.5. The summed E-state index contributed by atoms with van der Waals surface area (Å²) in [4.78, 5) is 25.0. The maximum atomic E-state index is 12.5. The van der Waals surface area contributed by atoms with Crippen LogP contribution in [0.2, 0.25) is 0 Å². The maximum Gasteiger partial charge on any atom is 0.251 e. The standard InChI is InChI=1S/C27H33N7O2/c1-29-23(35)19-8-10-21-17(14-19)6-7-18-15-20(24(36)30-2)9-11-22(18)27(21,25-31-33-34-32-25)16-26(28)12-4-3-5-13-26/h8-11,14-15H,3-7,12-13,16,28H2,1-2H3,(H,29,35)(H,30,36)(H,31,32,33,34). The minimum absolute atomic E-state index is 0.130. The molecule has 2 amide bonds. The first-order valence-corrected chi connectivity index (χ1v) is 12.6. The number of hydrogen-bond acceptors (Lipinski definition) is 6. The highest BCUT2D eigenvalue weighted by Gasteiger charge is 2.49. The van der Waals surface area contributed by atoms with Crippen LogP contribution in [-0.4, -0.2) is 52.1 Å². The third-order valence-electron chi connectivity index (χ3n) is 7.97. The first-order chi connectivity index (χ1) is 17.4. The fraction of sp³-hybridized carbons (Fsp3) is 0.444. The van der Waals surface area contributed by atoms with E-state index in [4.69, 9.17) is 5.73 Å². The van der Waals surface area contributed by atoms with Gasteiger partial charge < -0.3 is 16.4 Å². The number of H-pyrrole nitrogens is 1. The predicted octanol–water partition coefficient (Wildman–Crippen LogP) is 2.40. The molecule has 1 fully saturated rings. The average molecular weight is 488 g/mol. The van der Waals surface area contributed by atoms with Crippen molar-refractivity contribution >= 4 is 11.8 Å². The van der Waals surface area contributed by atoms with Gasteiger partial charge in [0, 0.05) is 30.8 Å². The molecule has 2 aliphatic rings. The lowest BCUT2D eigenvalue weighted by atomic mass is 9.62. The zero-order valence-corrected chi connectivity index (χ0v) is 20.9. The number of fused-ring (bicyclic) bond motifs is 2. The van der Waals surface area contributed by atoms with Gasteiger partial charge in [0.1, 0.15) is 0 Å². The van der Waals surface area contributed by atoms with Crippen molar-refractivity contribution in [1.82, 2.24) is 31.3 Å². The van der Waals surface area contributed by atoms with E-state index in [0.29, 0.717) is 36.2 Å². The lowest BCUT2D eigenvalue weighted by molar-refractivity contribution is 0.0955. The summed E-state index contributed by atoms with van der Waals surface area (Å²) in [6, 6.07) is 11.7. The second kappa shape index (κ2) is 9.46. The second-order valence-corrected chi connectivity index (χ2v) is 10.1. The van der Waals surface area contributed by atoms with Crippen LogP contribution in [0.1, 0.15) is 87.3 Å². The zero-order chi connectivity index (χ0) is 25.3. The summed E-state index contributed by atoms with van der Waals surface area (Å²) in [5, 5.41) is 21.1. The van der Waals surface area contributed by atoms with Crippen LogP contribution in [0.5, 0.6) is 0 Å². The molecule has 0 atom stereocenters. The SMILES string of the molecule is CNC(=O)c1ccc2c(c1)CCc1cc(C(=O)NC)ccc1C2(CC1(N)CCCCC1)c1nn[nH]n1. The number of aromatic nitrogens is 4. The largest absolute Gasteiger partial charge is 0.355 e. The number of hydrogen-bond donors (Lipinski definition) is 4. The van der Waals surface area contributed by atoms with Crippen LogP contribution in [0.25, 0.3) is 0 Å². The molecule has 2 aromatic carbocycles. The van der Waals surface area contributed by atoms with Gasteiger partial charge in [0.15, 0.2) is 5.82 Å². The van der Waals surface area contributed by atoms with Crippen molar-refractivity contribution in [3.05, 3.63) is 75.6 Å². The van der Waals surface area contributed by atoms with Gasteiger partial charge in [0.25, 0.3) is 11.8 Å². The van der Waals surface area contributed by atoms with Gasteiger partial charge in [-0.2, -0.15) is 5.21 Å². The van der Waals surface area contributed by atoms with E-state index in [1.165, 1.54) is 6.42 Å². The Hall–Kier alpha value is -3.59. The van der Waals surface area contributed by atoms with E-state index in [1.807, 2.05) is 36.4 Å². The van der Waals surface area contributed by atoms with Gasteiger partial charge in [-0.15, -0.1) is 10.2 Å². The smallest absolute Gasteiger partial charge is 0.251 e. The molecule has 2 aliphatic carbocycles. The second-order valence-electron chi connectivity index (χ2n) is 10.1. The minimum Gasteiger partial charge on any atom is -0.355 e. The van der Waals surface area contributed by atoms with Crippen molar-refractivity contribution in [3.63, 3.8) is 0 Å². The highest BCUT2D eigenvalue weighted by Crippen LogP contribution is 2.50. The van der Waals surface area contributed by atoms with Crippen LogP contribution in [0, 0.1) is 0 Å². The monoisotopic (exact) mass is 487 g/mol. The number of aryl methyl sites for hydroxylation is 2. The summed E-state index contributed by atoms with van der Waals surface area (Å²) >= 11 is 0. The van der Waals surface area contributed by atoms with E-state index < -0.39 is 11.0 Å². The van der Waals surface area contributed by atoms with E-state index in [2.05, 4.69) is 31.3 Å². The molecule has 1 heterocycles. The lowest BCUT2D eigenvalue weighted by Crippen LogP contribution is -2.49. The van der Waals surface area contributed by atoms with Gasteiger partial charge in [-0.05, 0) is 78.6 Å². The zero-order valence-electron chi connectivity index (χ0n) is 20.9. The van der Waals surface area contributed by atoms with Gasteiger partial charge in [-0.3, -0.25) is 9.59 Å². The third-order valence-corrected chi connectivity index (χ3v) is 7.97. The van der Waals surface area contributed by atoms with Crippen LogP contribution < -0.4 is 16.4 Å². The Morgan fingerprint density at radius 2 is 1.47 bits per heavy atom. The van der Waals surface area contributed by atoms with E-state index in [9.17, 15) is 9.59 Å². The number of nitrogens with one attached hydrogen (secondary N) is 3. The van der Waals surface area contributed by atoms with Crippen molar-refractivity contribution in [2.24, 2.45) is 5.73 Å². The van der Waals surface area contributed by atoms with Gasteiger partial charge in [0.05, 0.1) is 5.41 Å². The molecule has 0 bridgehead atoms. The van der Waals surface area contributed by atoms with Gasteiger partial charge in [-0.1, -0.05) is 36.6 Å². The fourth-order valence-electron chi connectivity index (χ4n) is 6.23. The minimum atomic E-state index is -0.775. The number of tetrazole rings is 1. The van der Waals surface area contributed by atoms with E-state index in [-0.39, 0.29) is 11.8 Å². The summed E-state index contributed by atoms with van der Waals surface area (Å²) in [5.41, 5.74) is 11.4. The van der Waals surface area contributed by atoms with Crippen molar-refractivity contribution < 1.29 is 9.59 Å². The van der Waals surface area contributed by atoms with Crippen molar-refractivity contribution in [2.75, 3.05) is 14.1 Å². The first kappa shape index (κ1) is 24.1. The van der Waals surface area contributed by atoms with Gasteiger partial charge >= 0.3 is 0 Å². The number of carbonyl (C=O) groups is 2. The quantitative estimate of drug-likeness (QED) is 0.436. The summed E-state index contributed by atoms with van der Waals surface area (Å²) in [6.45, 7) is 0. The summed E-state index contributed by atoms with van der Waals surface area (Å²) in [6.07, 6.45) is 7.23. The van der Waals surface area contributed by atoms with Crippen molar-refractivity contribution in [3.8, 4) is 0 Å². The predicted molar refractivity (Wildman–Crippen MR) is 136 cm³/mol. The molecular formula is C27H33N7O2. The summed E-state index contributed by atoms with van der Waals surface area (Å²) in [7, 11) is 3.27. The molecule has 0 aliphatic heterocycles. The van der Waals surface area contributed by atoms with Crippen molar-refractivity contribution in [1.29, 1.82) is 0 Å². The Morgan fingerprint density at radius 1 is 0.917 bits per heavy atom. The summed E-state index contributed by atoms with van der Waals surface area (Å²) < 4.78 is 0. The Bertz CT molecular complexity index is 1210. The highest BCUT2D eigenvalue weighted by molar-refractivity contribution is 5.95. The molecule has 0 saturated heterocycles.